The summed E-state index contributed by atoms with van der Waals surface area (Å²) in [5, 5.41) is 10.9. The van der Waals surface area contributed by atoms with Gasteiger partial charge in [0.15, 0.2) is 16.5 Å². The lowest BCUT2D eigenvalue weighted by molar-refractivity contribution is -0.388. The van der Waals surface area contributed by atoms with Crippen LogP contribution < -0.4 is 4.18 Å². The highest BCUT2D eigenvalue weighted by molar-refractivity contribution is 7.87. The molecule has 2 rings (SSSR count). The summed E-state index contributed by atoms with van der Waals surface area (Å²) in [6, 6.07) is 5.67. The lowest BCUT2D eigenvalue weighted by Crippen LogP contribution is -2.14. The lowest BCUT2D eigenvalue weighted by Gasteiger charge is -2.10. The Kier molecular flexibility index (Phi) is 4.09. The summed E-state index contributed by atoms with van der Waals surface area (Å²) in [7, 11) is -4.66. The van der Waals surface area contributed by atoms with E-state index in [0.717, 1.165) is 18.2 Å². The molecule has 0 unspecified atom stereocenters. The molecule has 0 aliphatic rings. The van der Waals surface area contributed by atoms with Crippen LogP contribution in [0.15, 0.2) is 41.3 Å². The van der Waals surface area contributed by atoms with Gasteiger partial charge in [-0.15, -0.1) is 0 Å². The van der Waals surface area contributed by atoms with Gasteiger partial charge < -0.3 is 4.18 Å². The normalized spacial score (nSPS) is 11.2. The van der Waals surface area contributed by atoms with E-state index >= 15 is 0 Å². The standard InChI is InChI=1S/C13H9F2NO5S/c1-8-3-2-4-11(16(17)18)13(8)22(19,20)21-12-6-5-9(14)7-10(12)15/h2-7H,1H3. The summed E-state index contributed by atoms with van der Waals surface area (Å²) in [4.78, 5) is 9.38. The molecule has 0 radical (unpaired) electrons. The number of benzene rings is 2. The zero-order chi connectivity index (χ0) is 16.5. The van der Waals surface area contributed by atoms with E-state index in [0.29, 0.717) is 6.07 Å². The molecule has 0 saturated heterocycles. The van der Waals surface area contributed by atoms with Gasteiger partial charge in [-0.05, 0) is 24.6 Å². The van der Waals surface area contributed by atoms with Gasteiger partial charge in [0.1, 0.15) is 5.82 Å². The molecule has 22 heavy (non-hydrogen) atoms. The van der Waals surface area contributed by atoms with Crippen LogP contribution in [-0.4, -0.2) is 13.3 Å². The highest BCUT2D eigenvalue weighted by atomic mass is 32.2. The van der Waals surface area contributed by atoms with Gasteiger partial charge in [0.2, 0.25) is 0 Å². The number of hydrogen-bond donors (Lipinski definition) is 0. The fourth-order valence-electron chi connectivity index (χ4n) is 1.81. The Morgan fingerprint density at radius 3 is 2.45 bits per heavy atom. The van der Waals surface area contributed by atoms with E-state index in [1.165, 1.54) is 19.1 Å². The van der Waals surface area contributed by atoms with Crippen LogP contribution in [0.25, 0.3) is 0 Å². The minimum absolute atomic E-state index is 0.0664. The summed E-state index contributed by atoms with van der Waals surface area (Å²) in [6.45, 7) is 1.34. The number of nitro benzene ring substituents is 1. The van der Waals surface area contributed by atoms with E-state index in [1.807, 2.05) is 0 Å². The first-order valence-corrected chi connectivity index (χ1v) is 7.27. The lowest BCUT2D eigenvalue weighted by atomic mass is 10.2. The maximum atomic E-state index is 13.5. The van der Waals surface area contributed by atoms with Crippen LogP contribution >= 0.6 is 0 Å². The summed E-state index contributed by atoms with van der Waals surface area (Å²) < 4.78 is 55.3. The third-order valence-electron chi connectivity index (χ3n) is 2.73. The second-order valence-electron chi connectivity index (χ2n) is 4.29. The van der Waals surface area contributed by atoms with Crippen LogP contribution in [0.1, 0.15) is 5.56 Å². The van der Waals surface area contributed by atoms with Crippen LogP contribution in [0.4, 0.5) is 14.5 Å². The molecule has 2 aromatic carbocycles. The monoisotopic (exact) mass is 329 g/mol. The van der Waals surface area contributed by atoms with Crippen molar-refractivity contribution in [2.45, 2.75) is 11.8 Å². The first-order valence-electron chi connectivity index (χ1n) is 5.86. The molecule has 6 nitrogen and oxygen atoms in total. The van der Waals surface area contributed by atoms with Gasteiger partial charge >= 0.3 is 10.1 Å². The highest BCUT2D eigenvalue weighted by Crippen LogP contribution is 2.30. The Morgan fingerprint density at radius 1 is 1.18 bits per heavy atom. The summed E-state index contributed by atoms with van der Waals surface area (Å²) in [5.41, 5.74) is -0.626. The molecule has 0 heterocycles. The molecule has 0 atom stereocenters. The van der Waals surface area contributed by atoms with E-state index in [9.17, 15) is 27.3 Å². The first kappa shape index (κ1) is 15.8. The number of halogens is 2. The maximum Gasteiger partial charge on any atom is 0.346 e. The minimum Gasteiger partial charge on any atom is -0.376 e. The number of nitrogens with zero attached hydrogens (tertiary/aromatic N) is 1. The van der Waals surface area contributed by atoms with Crippen molar-refractivity contribution in [3.05, 3.63) is 63.7 Å². The Morgan fingerprint density at radius 2 is 1.86 bits per heavy atom. The van der Waals surface area contributed by atoms with Crippen LogP contribution in [0, 0.1) is 28.7 Å². The molecule has 0 N–H and O–H groups in total. The van der Waals surface area contributed by atoms with E-state index in [4.69, 9.17) is 0 Å². The third-order valence-corrected chi connectivity index (χ3v) is 4.16. The van der Waals surface area contributed by atoms with Gasteiger partial charge in [-0.25, -0.2) is 8.78 Å². The Hall–Kier alpha value is -2.55. The minimum atomic E-state index is -4.66. The predicted octanol–water partition coefficient (Wildman–Crippen LogP) is 2.95. The molecule has 9 heteroatoms. The van der Waals surface area contributed by atoms with Crippen LogP contribution in [-0.2, 0) is 10.1 Å². The van der Waals surface area contributed by atoms with Crippen LogP contribution in [0.2, 0.25) is 0 Å². The Labute approximate surface area is 124 Å². The topological polar surface area (TPSA) is 86.5 Å². The maximum absolute atomic E-state index is 13.5. The van der Waals surface area contributed by atoms with E-state index in [2.05, 4.69) is 4.18 Å². The van der Waals surface area contributed by atoms with Crippen molar-refractivity contribution in [3.8, 4) is 5.75 Å². The summed E-state index contributed by atoms with van der Waals surface area (Å²) in [5.74, 6) is -2.90. The molecule has 116 valence electrons. The molecule has 0 spiro atoms. The summed E-state index contributed by atoms with van der Waals surface area (Å²) in [6.07, 6.45) is 0. The third kappa shape index (κ3) is 3.03. The van der Waals surface area contributed by atoms with Crippen molar-refractivity contribution in [1.82, 2.24) is 0 Å². The van der Waals surface area contributed by atoms with Gasteiger partial charge in [0, 0.05) is 12.1 Å². The molecular formula is C13H9F2NO5S. The quantitative estimate of drug-likeness (QED) is 0.489. The molecule has 2 aromatic rings. The van der Waals surface area contributed by atoms with Gasteiger partial charge in [0.25, 0.3) is 5.69 Å². The average Bonchev–Trinajstić information content (AvgIpc) is 2.41. The SMILES string of the molecule is Cc1cccc([N+](=O)[O-])c1S(=O)(=O)Oc1ccc(F)cc1F. The first-order chi connectivity index (χ1) is 10.2. The number of nitro groups is 1. The molecular weight excluding hydrogens is 320 g/mol. The predicted molar refractivity (Wildman–Crippen MR) is 72.0 cm³/mol. The van der Waals surface area contributed by atoms with Crippen molar-refractivity contribution in [1.29, 1.82) is 0 Å². The zero-order valence-corrected chi connectivity index (χ0v) is 11.9. The second-order valence-corrected chi connectivity index (χ2v) is 5.78. The van der Waals surface area contributed by atoms with E-state index in [-0.39, 0.29) is 5.56 Å². The average molecular weight is 329 g/mol. The molecule has 0 aromatic heterocycles. The fourth-order valence-corrected chi connectivity index (χ4v) is 3.12. The van der Waals surface area contributed by atoms with Crippen molar-refractivity contribution >= 4 is 15.8 Å². The van der Waals surface area contributed by atoms with Crippen LogP contribution in [0.3, 0.4) is 0 Å². The van der Waals surface area contributed by atoms with E-state index < -0.39 is 43.0 Å². The zero-order valence-electron chi connectivity index (χ0n) is 11.1. The molecule has 0 aliphatic heterocycles. The van der Waals surface area contributed by atoms with Gasteiger partial charge in [-0.2, -0.15) is 8.42 Å². The second kappa shape index (κ2) is 5.68. The molecule has 0 saturated carbocycles. The van der Waals surface area contributed by atoms with Gasteiger partial charge in [-0.3, -0.25) is 10.1 Å². The van der Waals surface area contributed by atoms with Gasteiger partial charge in [0.05, 0.1) is 4.92 Å². The van der Waals surface area contributed by atoms with E-state index in [1.54, 1.807) is 0 Å². The van der Waals surface area contributed by atoms with Gasteiger partial charge in [-0.1, -0.05) is 12.1 Å². The molecule has 0 bridgehead atoms. The Bertz CT molecular complexity index is 852. The van der Waals surface area contributed by atoms with Crippen molar-refractivity contribution in [2.24, 2.45) is 0 Å². The largest absolute Gasteiger partial charge is 0.376 e. The van der Waals surface area contributed by atoms with Crippen molar-refractivity contribution in [3.63, 3.8) is 0 Å². The molecule has 0 amide bonds. The van der Waals surface area contributed by atoms with Crippen LogP contribution in [0.5, 0.6) is 5.75 Å². The number of hydrogen-bond acceptors (Lipinski definition) is 5. The highest BCUT2D eigenvalue weighted by Gasteiger charge is 2.30. The number of aryl methyl sites for hydroxylation is 1. The smallest absolute Gasteiger partial charge is 0.346 e. The molecule has 0 aliphatic carbocycles. The Balaban J connectivity index is 2.54. The van der Waals surface area contributed by atoms with Crippen molar-refractivity contribution < 1.29 is 26.3 Å². The van der Waals surface area contributed by atoms with Crippen molar-refractivity contribution in [2.75, 3.05) is 0 Å². The summed E-state index contributed by atoms with van der Waals surface area (Å²) >= 11 is 0. The molecule has 0 fully saturated rings. The number of rotatable bonds is 4. The fraction of sp³-hybridized carbons (Fsp3) is 0.0769.